The molecule has 2 aromatic carbocycles. The van der Waals surface area contributed by atoms with E-state index in [0.29, 0.717) is 33.9 Å². The predicted molar refractivity (Wildman–Crippen MR) is 113 cm³/mol. The van der Waals surface area contributed by atoms with E-state index in [1.807, 2.05) is 60.7 Å². The second kappa shape index (κ2) is 8.30. The molecule has 0 fully saturated rings. The zero-order chi connectivity index (χ0) is 20.9. The zero-order valence-electron chi connectivity index (χ0n) is 16.0. The van der Waals surface area contributed by atoms with Gasteiger partial charge in [0.1, 0.15) is 59.3 Å². The molecule has 0 spiro atoms. The van der Waals surface area contributed by atoms with Crippen molar-refractivity contribution in [3.63, 3.8) is 0 Å². The summed E-state index contributed by atoms with van der Waals surface area (Å²) in [6.45, 7) is 4.49. The van der Waals surface area contributed by atoms with E-state index in [-0.39, 0.29) is 13.2 Å². The largest absolute Gasteiger partial charge is 0.487 e. The van der Waals surface area contributed by atoms with Crippen molar-refractivity contribution in [1.29, 1.82) is 10.5 Å². The van der Waals surface area contributed by atoms with Crippen molar-refractivity contribution < 1.29 is 9.47 Å². The highest BCUT2D eigenvalue weighted by Crippen LogP contribution is 2.26. The van der Waals surface area contributed by atoms with Crippen LogP contribution in [-0.4, -0.2) is 23.2 Å². The van der Waals surface area contributed by atoms with Gasteiger partial charge < -0.3 is 9.47 Å². The van der Waals surface area contributed by atoms with E-state index < -0.39 is 0 Å². The van der Waals surface area contributed by atoms with Crippen LogP contribution >= 0.6 is 0 Å². The summed E-state index contributed by atoms with van der Waals surface area (Å²) in [5.41, 5.74) is 2.65. The summed E-state index contributed by atoms with van der Waals surface area (Å²) in [5.74, 6) is 1.16. The maximum Gasteiger partial charge on any atom is 0.146 e. The molecule has 0 amide bonds. The van der Waals surface area contributed by atoms with Crippen LogP contribution in [0.3, 0.4) is 0 Å². The van der Waals surface area contributed by atoms with Gasteiger partial charge in [-0.3, -0.25) is 0 Å². The van der Waals surface area contributed by atoms with Gasteiger partial charge >= 0.3 is 0 Å². The van der Waals surface area contributed by atoms with Crippen LogP contribution < -0.4 is 9.47 Å². The minimum Gasteiger partial charge on any atom is -0.487 e. The molecule has 144 valence electrons. The molecule has 2 aromatic heterocycles. The van der Waals surface area contributed by atoms with Crippen LogP contribution in [-0.2, 0) is 0 Å². The third-order valence-corrected chi connectivity index (χ3v) is 4.46. The monoisotopic (exact) mass is 392 g/mol. The number of aromatic nitrogens is 2. The van der Waals surface area contributed by atoms with Gasteiger partial charge in [-0.25, -0.2) is 9.97 Å². The Morgan fingerprint density at radius 1 is 0.733 bits per heavy atom. The van der Waals surface area contributed by atoms with E-state index in [2.05, 4.69) is 16.5 Å². The van der Waals surface area contributed by atoms with Crippen LogP contribution in [0.15, 0.2) is 72.8 Å². The maximum atomic E-state index is 9.09. The third-order valence-electron chi connectivity index (χ3n) is 4.46. The van der Waals surface area contributed by atoms with Gasteiger partial charge in [-0.1, -0.05) is 30.8 Å². The van der Waals surface area contributed by atoms with Gasteiger partial charge in [0.15, 0.2) is 0 Å². The van der Waals surface area contributed by atoms with Crippen molar-refractivity contribution in [2.24, 2.45) is 0 Å². The molecular weight excluding hydrogens is 376 g/mol. The lowest BCUT2D eigenvalue weighted by molar-refractivity contribution is 0.305. The number of hydrogen-bond acceptors (Lipinski definition) is 6. The fourth-order valence-corrected chi connectivity index (χ4v) is 3.00. The highest BCUT2D eigenvalue weighted by molar-refractivity contribution is 5.85. The van der Waals surface area contributed by atoms with Crippen LogP contribution in [0.2, 0.25) is 0 Å². The van der Waals surface area contributed by atoms with E-state index in [1.54, 1.807) is 12.1 Å². The SMILES string of the molecule is C=C(COc1cccc2ccc(C#N)nc12)COc1cccc2ccc(C#N)nc12. The summed E-state index contributed by atoms with van der Waals surface area (Å²) in [4.78, 5) is 8.67. The number of benzene rings is 2. The number of ether oxygens (including phenoxy) is 2. The van der Waals surface area contributed by atoms with Gasteiger partial charge in [-0.2, -0.15) is 10.5 Å². The van der Waals surface area contributed by atoms with Gasteiger partial charge in [-0.05, 0) is 42.0 Å². The lowest BCUT2D eigenvalue weighted by Crippen LogP contribution is -2.09. The molecule has 6 heteroatoms. The molecule has 0 saturated heterocycles. The van der Waals surface area contributed by atoms with Crippen LogP contribution in [0.25, 0.3) is 21.8 Å². The summed E-state index contributed by atoms with van der Waals surface area (Å²) >= 11 is 0. The fourth-order valence-electron chi connectivity index (χ4n) is 3.00. The molecule has 0 aliphatic carbocycles. The van der Waals surface area contributed by atoms with Gasteiger partial charge in [0.05, 0.1) is 0 Å². The van der Waals surface area contributed by atoms with Crippen LogP contribution in [0.5, 0.6) is 11.5 Å². The summed E-state index contributed by atoms with van der Waals surface area (Å²) in [7, 11) is 0. The quantitative estimate of drug-likeness (QED) is 0.447. The van der Waals surface area contributed by atoms with Crippen molar-refractivity contribution in [1.82, 2.24) is 9.97 Å². The Bertz CT molecular complexity index is 1250. The van der Waals surface area contributed by atoms with Crippen LogP contribution in [0, 0.1) is 22.7 Å². The van der Waals surface area contributed by atoms with E-state index in [0.717, 1.165) is 16.3 Å². The highest BCUT2D eigenvalue weighted by Gasteiger charge is 2.08. The maximum absolute atomic E-state index is 9.09. The molecule has 30 heavy (non-hydrogen) atoms. The van der Waals surface area contributed by atoms with Crippen molar-refractivity contribution in [2.45, 2.75) is 0 Å². The summed E-state index contributed by atoms with van der Waals surface area (Å²) in [6.07, 6.45) is 0. The second-order valence-electron chi connectivity index (χ2n) is 6.60. The molecule has 0 bridgehead atoms. The summed E-state index contributed by atoms with van der Waals surface area (Å²) < 4.78 is 11.8. The molecule has 2 heterocycles. The van der Waals surface area contributed by atoms with E-state index in [4.69, 9.17) is 20.0 Å². The molecule has 0 aliphatic rings. The number of fused-ring (bicyclic) bond motifs is 2. The van der Waals surface area contributed by atoms with Gasteiger partial charge in [0.2, 0.25) is 0 Å². The first kappa shape index (κ1) is 18.9. The smallest absolute Gasteiger partial charge is 0.146 e. The lowest BCUT2D eigenvalue weighted by atomic mass is 10.2. The standard InChI is InChI=1S/C24H16N4O2/c1-16(14-29-21-6-2-4-17-8-10-19(12-25)27-23(17)21)15-30-22-7-3-5-18-9-11-20(13-26)28-24(18)22/h2-11H,1,14-15H2. The average molecular weight is 392 g/mol. The molecule has 6 nitrogen and oxygen atoms in total. The van der Waals surface area contributed by atoms with Crippen molar-refractivity contribution in [2.75, 3.05) is 13.2 Å². The Hall–Kier alpha value is -4.42. The van der Waals surface area contributed by atoms with E-state index >= 15 is 0 Å². The summed E-state index contributed by atoms with van der Waals surface area (Å²) in [6, 6.07) is 22.3. The average Bonchev–Trinajstić information content (AvgIpc) is 2.80. The Kier molecular flexibility index (Phi) is 5.23. The molecular formula is C24H16N4O2. The Morgan fingerprint density at radius 3 is 1.63 bits per heavy atom. The number of nitrogens with zero attached hydrogens (tertiary/aromatic N) is 4. The number of pyridine rings is 2. The van der Waals surface area contributed by atoms with E-state index in [9.17, 15) is 0 Å². The topological polar surface area (TPSA) is 91.8 Å². The number of rotatable bonds is 6. The van der Waals surface area contributed by atoms with Crippen molar-refractivity contribution in [3.05, 3.63) is 84.2 Å². The van der Waals surface area contributed by atoms with Gasteiger partial charge in [0.25, 0.3) is 0 Å². The molecule has 0 unspecified atom stereocenters. The normalized spacial score (nSPS) is 10.3. The van der Waals surface area contributed by atoms with Crippen molar-refractivity contribution in [3.8, 4) is 23.6 Å². The first-order valence-electron chi connectivity index (χ1n) is 9.20. The molecule has 4 aromatic rings. The second-order valence-corrected chi connectivity index (χ2v) is 6.60. The highest BCUT2D eigenvalue weighted by atomic mass is 16.5. The zero-order valence-corrected chi connectivity index (χ0v) is 16.0. The Morgan fingerprint density at radius 2 is 1.20 bits per heavy atom. The Labute approximate surface area is 173 Å². The van der Waals surface area contributed by atoms with Gasteiger partial charge in [-0.15, -0.1) is 0 Å². The molecule has 0 N–H and O–H groups in total. The first-order chi connectivity index (χ1) is 14.7. The molecule has 0 aliphatic heterocycles. The number of hydrogen-bond donors (Lipinski definition) is 0. The minimum atomic E-state index is 0.235. The number of para-hydroxylation sites is 2. The van der Waals surface area contributed by atoms with E-state index in [1.165, 1.54) is 0 Å². The Balaban J connectivity index is 1.46. The van der Waals surface area contributed by atoms with Crippen LogP contribution in [0.1, 0.15) is 11.4 Å². The number of nitriles is 2. The van der Waals surface area contributed by atoms with Crippen LogP contribution in [0.4, 0.5) is 0 Å². The third kappa shape index (κ3) is 3.89. The summed E-state index contributed by atoms with van der Waals surface area (Å²) in [5, 5.41) is 20.0. The van der Waals surface area contributed by atoms with Gasteiger partial charge in [0, 0.05) is 10.8 Å². The lowest BCUT2D eigenvalue weighted by Gasteiger charge is -2.13. The first-order valence-corrected chi connectivity index (χ1v) is 9.20. The minimum absolute atomic E-state index is 0.235. The predicted octanol–water partition coefficient (Wildman–Crippen LogP) is 4.54. The molecule has 0 radical (unpaired) electrons. The molecule has 4 rings (SSSR count). The fraction of sp³-hybridized carbons (Fsp3) is 0.0833. The van der Waals surface area contributed by atoms with Crippen molar-refractivity contribution >= 4 is 21.8 Å². The molecule has 0 atom stereocenters. The molecule has 0 saturated carbocycles.